The van der Waals surface area contributed by atoms with Crippen LogP contribution in [-0.4, -0.2) is 65.1 Å². The number of piperidine rings is 1. The molecule has 2 aliphatic rings. The summed E-state index contributed by atoms with van der Waals surface area (Å²) in [5, 5.41) is 0. The molecule has 0 saturated carbocycles. The number of morpholine rings is 1. The zero-order chi connectivity index (χ0) is 19.0. The van der Waals surface area contributed by atoms with Crippen LogP contribution in [-0.2, 0) is 9.53 Å². The molecule has 3 heterocycles. The van der Waals surface area contributed by atoms with Crippen molar-refractivity contribution >= 4 is 17.0 Å². The molecular weight excluding hydrogens is 342 g/mol. The van der Waals surface area contributed by atoms with Crippen LogP contribution in [0.25, 0.3) is 11.1 Å². The molecule has 27 heavy (non-hydrogen) atoms. The van der Waals surface area contributed by atoms with Gasteiger partial charge in [-0.3, -0.25) is 9.69 Å². The van der Waals surface area contributed by atoms with Crippen molar-refractivity contribution in [3.63, 3.8) is 0 Å². The van der Waals surface area contributed by atoms with Crippen molar-refractivity contribution in [2.75, 3.05) is 26.2 Å². The zero-order valence-electron chi connectivity index (χ0n) is 16.4. The SMILES string of the molecule is CC1CN(C(=O)C(C)N2CCC(c3nc4ccccc4o3)CC2)CC(C)O1. The summed E-state index contributed by atoms with van der Waals surface area (Å²) < 4.78 is 11.7. The highest BCUT2D eigenvalue weighted by Crippen LogP contribution is 2.30. The second-order valence-corrected chi connectivity index (χ2v) is 8.01. The van der Waals surface area contributed by atoms with E-state index < -0.39 is 0 Å². The first-order valence-electron chi connectivity index (χ1n) is 10.0. The van der Waals surface area contributed by atoms with Crippen molar-refractivity contribution in [3.05, 3.63) is 30.2 Å². The predicted octanol–water partition coefficient (Wildman–Crippen LogP) is 3.03. The largest absolute Gasteiger partial charge is 0.440 e. The van der Waals surface area contributed by atoms with Gasteiger partial charge in [0.2, 0.25) is 5.91 Å². The lowest BCUT2D eigenvalue weighted by Crippen LogP contribution is -2.55. The lowest BCUT2D eigenvalue weighted by molar-refractivity contribution is -0.148. The monoisotopic (exact) mass is 371 g/mol. The van der Waals surface area contributed by atoms with E-state index in [0.717, 1.165) is 42.9 Å². The number of para-hydroxylation sites is 2. The molecule has 0 radical (unpaired) electrons. The van der Waals surface area contributed by atoms with Crippen molar-refractivity contribution in [2.24, 2.45) is 0 Å². The summed E-state index contributed by atoms with van der Waals surface area (Å²) in [6.07, 6.45) is 2.16. The molecule has 4 rings (SSSR count). The Labute approximate surface area is 160 Å². The van der Waals surface area contributed by atoms with E-state index >= 15 is 0 Å². The van der Waals surface area contributed by atoms with E-state index in [1.807, 2.05) is 49.9 Å². The Morgan fingerprint density at radius 2 is 1.81 bits per heavy atom. The fraction of sp³-hybridized carbons (Fsp3) is 0.619. The van der Waals surface area contributed by atoms with E-state index in [9.17, 15) is 4.79 Å². The molecule has 6 heteroatoms. The Hall–Kier alpha value is -1.92. The summed E-state index contributed by atoms with van der Waals surface area (Å²) in [5.74, 6) is 1.39. The average Bonchev–Trinajstić information content (AvgIpc) is 3.10. The average molecular weight is 371 g/mol. The summed E-state index contributed by atoms with van der Waals surface area (Å²) in [6.45, 7) is 9.27. The molecule has 1 amide bonds. The summed E-state index contributed by atoms with van der Waals surface area (Å²) in [7, 11) is 0. The van der Waals surface area contributed by atoms with Crippen LogP contribution in [0, 0.1) is 0 Å². The molecule has 2 fully saturated rings. The number of aromatic nitrogens is 1. The Balaban J connectivity index is 1.36. The summed E-state index contributed by atoms with van der Waals surface area (Å²) in [5.41, 5.74) is 1.78. The number of fused-ring (bicyclic) bond motifs is 1. The second-order valence-electron chi connectivity index (χ2n) is 8.01. The number of rotatable bonds is 3. The molecule has 0 spiro atoms. The first-order valence-corrected chi connectivity index (χ1v) is 10.0. The van der Waals surface area contributed by atoms with Crippen molar-refractivity contribution < 1.29 is 13.9 Å². The maximum absolute atomic E-state index is 13.0. The number of amides is 1. The minimum Gasteiger partial charge on any atom is -0.440 e. The molecule has 146 valence electrons. The van der Waals surface area contributed by atoms with Crippen molar-refractivity contribution in [1.82, 2.24) is 14.8 Å². The van der Waals surface area contributed by atoms with Gasteiger partial charge in [0.05, 0.1) is 18.2 Å². The van der Waals surface area contributed by atoms with Gasteiger partial charge in [-0.05, 0) is 58.8 Å². The highest BCUT2D eigenvalue weighted by Gasteiger charge is 2.34. The van der Waals surface area contributed by atoms with Gasteiger partial charge in [0.25, 0.3) is 0 Å². The third kappa shape index (κ3) is 3.87. The van der Waals surface area contributed by atoms with Gasteiger partial charge in [-0.2, -0.15) is 0 Å². The van der Waals surface area contributed by atoms with Gasteiger partial charge in [0.15, 0.2) is 11.5 Å². The molecule has 1 aromatic heterocycles. The van der Waals surface area contributed by atoms with Crippen molar-refractivity contribution in [2.45, 2.75) is 57.8 Å². The minimum atomic E-state index is -0.0907. The van der Waals surface area contributed by atoms with Gasteiger partial charge < -0.3 is 14.1 Å². The summed E-state index contributed by atoms with van der Waals surface area (Å²) in [4.78, 5) is 21.9. The standard InChI is InChI=1S/C21H29N3O3/c1-14-12-24(13-15(2)26-14)21(25)16(3)23-10-8-17(9-11-23)20-22-18-6-4-5-7-19(18)27-20/h4-7,14-17H,8-13H2,1-3H3. The number of ether oxygens (including phenoxy) is 1. The number of hydrogen-bond acceptors (Lipinski definition) is 5. The lowest BCUT2D eigenvalue weighted by atomic mass is 9.95. The van der Waals surface area contributed by atoms with E-state index in [2.05, 4.69) is 9.88 Å². The molecular formula is C21H29N3O3. The fourth-order valence-electron chi connectivity index (χ4n) is 4.38. The number of likely N-dealkylation sites (tertiary alicyclic amines) is 1. The Bertz CT molecular complexity index is 754. The number of oxazole rings is 1. The smallest absolute Gasteiger partial charge is 0.239 e. The number of carbonyl (C=O) groups is 1. The molecule has 2 saturated heterocycles. The number of hydrogen-bond donors (Lipinski definition) is 0. The van der Waals surface area contributed by atoms with Crippen LogP contribution >= 0.6 is 0 Å². The maximum Gasteiger partial charge on any atom is 0.239 e. The van der Waals surface area contributed by atoms with Gasteiger partial charge in [-0.15, -0.1) is 0 Å². The van der Waals surface area contributed by atoms with Crippen LogP contribution in [0.5, 0.6) is 0 Å². The second kappa shape index (κ2) is 7.60. The Morgan fingerprint density at radius 1 is 1.15 bits per heavy atom. The third-order valence-corrected chi connectivity index (χ3v) is 5.83. The molecule has 2 aromatic rings. The van der Waals surface area contributed by atoms with E-state index in [1.54, 1.807) is 0 Å². The first-order chi connectivity index (χ1) is 13.0. The summed E-state index contributed by atoms with van der Waals surface area (Å²) in [6, 6.07) is 7.82. The first kappa shape index (κ1) is 18.4. The highest BCUT2D eigenvalue weighted by molar-refractivity contribution is 5.81. The molecule has 6 nitrogen and oxygen atoms in total. The van der Waals surface area contributed by atoms with Crippen LogP contribution in [0.3, 0.4) is 0 Å². The van der Waals surface area contributed by atoms with Crippen LogP contribution in [0.2, 0.25) is 0 Å². The fourth-order valence-corrected chi connectivity index (χ4v) is 4.38. The molecule has 3 atom stereocenters. The number of nitrogens with zero attached hydrogens (tertiary/aromatic N) is 3. The highest BCUT2D eigenvalue weighted by atomic mass is 16.5. The van der Waals surface area contributed by atoms with Crippen LogP contribution in [0.4, 0.5) is 0 Å². The van der Waals surface area contributed by atoms with Gasteiger partial charge in [-0.25, -0.2) is 4.98 Å². The van der Waals surface area contributed by atoms with E-state index in [1.165, 1.54) is 0 Å². The third-order valence-electron chi connectivity index (χ3n) is 5.83. The minimum absolute atomic E-state index is 0.0907. The quantitative estimate of drug-likeness (QED) is 0.830. The number of carbonyl (C=O) groups excluding carboxylic acids is 1. The van der Waals surface area contributed by atoms with Crippen molar-refractivity contribution in [3.8, 4) is 0 Å². The topological polar surface area (TPSA) is 58.8 Å². The zero-order valence-corrected chi connectivity index (χ0v) is 16.4. The van der Waals surface area contributed by atoms with Crippen LogP contribution in [0.15, 0.2) is 28.7 Å². The van der Waals surface area contributed by atoms with Crippen LogP contribution < -0.4 is 0 Å². The molecule has 0 N–H and O–H groups in total. The Kier molecular flexibility index (Phi) is 5.19. The van der Waals surface area contributed by atoms with E-state index in [0.29, 0.717) is 19.0 Å². The normalized spacial score (nSPS) is 26.4. The molecule has 0 bridgehead atoms. The Morgan fingerprint density at radius 3 is 2.48 bits per heavy atom. The molecule has 0 aliphatic carbocycles. The van der Waals surface area contributed by atoms with Gasteiger partial charge in [0, 0.05) is 19.0 Å². The predicted molar refractivity (Wildman–Crippen MR) is 104 cm³/mol. The molecule has 3 unspecified atom stereocenters. The van der Waals surface area contributed by atoms with Gasteiger partial charge >= 0.3 is 0 Å². The van der Waals surface area contributed by atoms with Crippen LogP contribution in [0.1, 0.15) is 45.4 Å². The molecule has 2 aliphatic heterocycles. The van der Waals surface area contributed by atoms with Gasteiger partial charge in [0.1, 0.15) is 5.52 Å². The van der Waals surface area contributed by atoms with E-state index in [4.69, 9.17) is 9.15 Å². The lowest BCUT2D eigenvalue weighted by Gasteiger charge is -2.40. The maximum atomic E-state index is 13.0. The number of benzene rings is 1. The van der Waals surface area contributed by atoms with E-state index in [-0.39, 0.29) is 24.2 Å². The molecule has 1 aromatic carbocycles. The van der Waals surface area contributed by atoms with Crippen molar-refractivity contribution in [1.29, 1.82) is 0 Å². The summed E-state index contributed by atoms with van der Waals surface area (Å²) >= 11 is 0. The van der Waals surface area contributed by atoms with Gasteiger partial charge in [-0.1, -0.05) is 12.1 Å².